The van der Waals surface area contributed by atoms with Gasteiger partial charge < -0.3 is 9.72 Å². The van der Waals surface area contributed by atoms with Gasteiger partial charge in [0, 0.05) is 0 Å². The zero-order valence-electron chi connectivity index (χ0n) is 10.2. The number of aryl methyl sites for hydroxylation is 1. The first-order valence-electron chi connectivity index (χ1n) is 5.49. The molecule has 0 unspecified atom stereocenters. The third-order valence-electron chi connectivity index (χ3n) is 2.68. The number of hydrogen-bond donors (Lipinski definition) is 1. The van der Waals surface area contributed by atoms with E-state index in [1.165, 1.54) is 7.11 Å². The number of carbonyl (C=O) groups excluding carboxylic acids is 2. The molecule has 0 atom stereocenters. The summed E-state index contributed by atoms with van der Waals surface area (Å²) in [7, 11) is 1.52. The monoisotopic (exact) mass is 243 g/mol. The lowest BCUT2D eigenvalue weighted by Crippen LogP contribution is -2.05. The Bertz CT molecular complexity index is 599. The van der Waals surface area contributed by atoms with Crippen LogP contribution in [-0.2, 0) is 0 Å². The minimum Gasteiger partial charge on any atom is -0.496 e. The fourth-order valence-corrected chi connectivity index (χ4v) is 1.76. The van der Waals surface area contributed by atoms with Gasteiger partial charge >= 0.3 is 0 Å². The van der Waals surface area contributed by atoms with Crippen molar-refractivity contribution in [3.05, 3.63) is 52.8 Å². The van der Waals surface area contributed by atoms with Crippen LogP contribution < -0.4 is 4.74 Å². The van der Waals surface area contributed by atoms with Gasteiger partial charge in [-0.3, -0.25) is 9.59 Å². The highest BCUT2D eigenvalue weighted by atomic mass is 16.5. The SMILES string of the molecule is COc1ccc(C)cc1C(=O)c1ccc(C=O)[nH]1. The number of hydrogen-bond acceptors (Lipinski definition) is 3. The molecule has 0 saturated heterocycles. The van der Waals surface area contributed by atoms with E-state index in [1.807, 2.05) is 13.0 Å². The molecule has 4 nitrogen and oxygen atoms in total. The number of aldehydes is 1. The molecule has 1 aromatic heterocycles. The van der Waals surface area contributed by atoms with Gasteiger partial charge in [0.1, 0.15) is 5.75 Å². The summed E-state index contributed by atoms with van der Waals surface area (Å²) in [6, 6.07) is 8.56. The first-order chi connectivity index (χ1) is 8.65. The topological polar surface area (TPSA) is 59.2 Å². The van der Waals surface area contributed by atoms with E-state index in [-0.39, 0.29) is 5.78 Å². The third kappa shape index (κ3) is 2.18. The van der Waals surface area contributed by atoms with Gasteiger partial charge in [-0.05, 0) is 31.2 Å². The van der Waals surface area contributed by atoms with Crippen molar-refractivity contribution in [2.24, 2.45) is 0 Å². The molecule has 1 heterocycles. The zero-order chi connectivity index (χ0) is 13.1. The molecule has 0 radical (unpaired) electrons. The van der Waals surface area contributed by atoms with Gasteiger partial charge in [-0.1, -0.05) is 11.6 Å². The number of ether oxygens (including phenoxy) is 1. The quantitative estimate of drug-likeness (QED) is 0.662. The lowest BCUT2D eigenvalue weighted by molar-refractivity contribution is 0.103. The summed E-state index contributed by atoms with van der Waals surface area (Å²) in [5.41, 5.74) is 2.21. The third-order valence-corrected chi connectivity index (χ3v) is 2.68. The first-order valence-corrected chi connectivity index (χ1v) is 5.49. The molecule has 0 spiro atoms. The van der Waals surface area contributed by atoms with Crippen LogP contribution in [0.1, 0.15) is 32.1 Å². The zero-order valence-corrected chi connectivity index (χ0v) is 10.2. The lowest BCUT2D eigenvalue weighted by Gasteiger charge is -2.07. The molecule has 0 aliphatic carbocycles. The van der Waals surface area contributed by atoms with Gasteiger partial charge in [0.05, 0.1) is 24.1 Å². The second-order valence-corrected chi connectivity index (χ2v) is 3.98. The summed E-state index contributed by atoms with van der Waals surface area (Å²) in [4.78, 5) is 25.6. The van der Waals surface area contributed by atoms with Gasteiger partial charge in [0.2, 0.25) is 5.78 Å². The van der Waals surface area contributed by atoms with Gasteiger partial charge in [-0.15, -0.1) is 0 Å². The van der Waals surface area contributed by atoms with Crippen molar-refractivity contribution in [2.75, 3.05) is 7.11 Å². The molecule has 0 fully saturated rings. The van der Waals surface area contributed by atoms with Crippen LogP contribution in [0.3, 0.4) is 0 Å². The van der Waals surface area contributed by atoms with Crippen LogP contribution in [0.25, 0.3) is 0 Å². The molecular weight excluding hydrogens is 230 g/mol. The summed E-state index contributed by atoms with van der Waals surface area (Å²) < 4.78 is 5.17. The summed E-state index contributed by atoms with van der Waals surface area (Å²) in [5, 5.41) is 0. The smallest absolute Gasteiger partial charge is 0.212 e. The van der Waals surface area contributed by atoms with Crippen LogP contribution in [0.2, 0.25) is 0 Å². The molecule has 1 aromatic carbocycles. The number of H-pyrrole nitrogens is 1. The van der Waals surface area contributed by atoms with E-state index in [4.69, 9.17) is 4.74 Å². The predicted octanol–water partition coefficient (Wildman–Crippen LogP) is 2.38. The fourth-order valence-electron chi connectivity index (χ4n) is 1.76. The van der Waals surface area contributed by atoms with Crippen molar-refractivity contribution < 1.29 is 14.3 Å². The maximum absolute atomic E-state index is 12.3. The molecule has 1 N–H and O–H groups in total. The lowest BCUT2D eigenvalue weighted by atomic mass is 10.0. The number of benzene rings is 1. The number of methoxy groups -OCH3 is 1. The van der Waals surface area contributed by atoms with Crippen LogP contribution in [0.5, 0.6) is 5.75 Å². The summed E-state index contributed by atoms with van der Waals surface area (Å²) in [5.74, 6) is 0.330. The summed E-state index contributed by atoms with van der Waals surface area (Å²) in [6.07, 6.45) is 0.671. The van der Waals surface area contributed by atoms with Gasteiger partial charge in [0.25, 0.3) is 0 Å². The van der Waals surface area contributed by atoms with Gasteiger partial charge in [-0.25, -0.2) is 0 Å². The van der Waals surface area contributed by atoms with Crippen LogP contribution >= 0.6 is 0 Å². The highest BCUT2D eigenvalue weighted by Crippen LogP contribution is 2.22. The number of aromatic nitrogens is 1. The summed E-state index contributed by atoms with van der Waals surface area (Å²) >= 11 is 0. The highest BCUT2D eigenvalue weighted by Gasteiger charge is 2.16. The molecule has 0 aliphatic heterocycles. The fraction of sp³-hybridized carbons (Fsp3) is 0.143. The number of nitrogens with one attached hydrogen (secondary N) is 1. The maximum atomic E-state index is 12.3. The predicted molar refractivity (Wildman–Crippen MR) is 67.3 cm³/mol. The molecule has 0 saturated carbocycles. The number of aromatic amines is 1. The van der Waals surface area contributed by atoms with Crippen LogP contribution in [0.4, 0.5) is 0 Å². The number of rotatable bonds is 4. The maximum Gasteiger partial charge on any atom is 0.212 e. The van der Waals surface area contributed by atoms with Crippen molar-refractivity contribution >= 4 is 12.1 Å². The molecule has 92 valence electrons. The van der Waals surface area contributed by atoms with Crippen molar-refractivity contribution in [2.45, 2.75) is 6.92 Å². The number of ketones is 1. The molecule has 2 aromatic rings. The minimum atomic E-state index is -0.191. The van der Waals surface area contributed by atoms with Gasteiger partial charge in [0.15, 0.2) is 6.29 Å². The molecule has 0 amide bonds. The van der Waals surface area contributed by atoms with Crippen LogP contribution in [0.15, 0.2) is 30.3 Å². The Kier molecular flexibility index (Phi) is 3.28. The van der Waals surface area contributed by atoms with E-state index in [0.717, 1.165) is 5.56 Å². The Morgan fingerprint density at radius 1 is 1.28 bits per heavy atom. The Balaban J connectivity index is 2.44. The van der Waals surface area contributed by atoms with E-state index >= 15 is 0 Å². The molecule has 0 aliphatic rings. The Hall–Kier alpha value is -2.36. The largest absolute Gasteiger partial charge is 0.496 e. The molecule has 2 rings (SSSR count). The molecular formula is C14H13NO3. The standard InChI is InChI=1S/C14H13NO3/c1-9-3-6-13(18-2)11(7-9)14(17)12-5-4-10(8-16)15-12/h3-8,15H,1-2H3. The van der Waals surface area contributed by atoms with Crippen LogP contribution in [-0.4, -0.2) is 24.2 Å². The van der Waals surface area contributed by atoms with E-state index in [1.54, 1.807) is 24.3 Å². The Labute approximate surface area is 105 Å². The van der Waals surface area contributed by atoms with Crippen molar-refractivity contribution in [3.63, 3.8) is 0 Å². The number of carbonyl (C=O) groups is 2. The minimum absolute atomic E-state index is 0.191. The second kappa shape index (κ2) is 4.87. The van der Waals surface area contributed by atoms with E-state index in [9.17, 15) is 9.59 Å². The average molecular weight is 243 g/mol. The van der Waals surface area contributed by atoms with E-state index in [0.29, 0.717) is 29.0 Å². The highest BCUT2D eigenvalue weighted by molar-refractivity contribution is 6.10. The molecule has 0 bridgehead atoms. The molecule has 18 heavy (non-hydrogen) atoms. The van der Waals surface area contributed by atoms with Gasteiger partial charge in [-0.2, -0.15) is 0 Å². The molecule has 4 heteroatoms. The van der Waals surface area contributed by atoms with E-state index < -0.39 is 0 Å². The van der Waals surface area contributed by atoms with Crippen molar-refractivity contribution in [3.8, 4) is 5.75 Å². The summed E-state index contributed by atoms with van der Waals surface area (Å²) in [6.45, 7) is 1.90. The first kappa shape index (κ1) is 12.1. The Morgan fingerprint density at radius 2 is 2.06 bits per heavy atom. The average Bonchev–Trinajstić information content (AvgIpc) is 2.86. The van der Waals surface area contributed by atoms with Crippen molar-refractivity contribution in [1.29, 1.82) is 0 Å². The van der Waals surface area contributed by atoms with Crippen molar-refractivity contribution in [1.82, 2.24) is 4.98 Å². The van der Waals surface area contributed by atoms with Crippen LogP contribution in [0, 0.1) is 6.92 Å². The Morgan fingerprint density at radius 3 is 2.67 bits per heavy atom. The second-order valence-electron chi connectivity index (χ2n) is 3.98. The van der Waals surface area contributed by atoms with E-state index in [2.05, 4.69) is 4.98 Å². The normalized spacial score (nSPS) is 10.1.